The Kier molecular flexibility index (Phi) is 4.55. The van der Waals surface area contributed by atoms with Crippen LogP contribution in [0.1, 0.15) is 17.0 Å². The van der Waals surface area contributed by atoms with Crippen molar-refractivity contribution in [2.24, 2.45) is 0 Å². The second-order valence-corrected chi connectivity index (χ2v) is 6.71. The molecule has 0 saturated carbocycles. The van der Waals surface area contributed by atoms with Crippen molar-refractivity contribution in [2.45, 2.75) is 25.3 Å². The Hall–Kier alpha value is -1.57. The summed E-state index contributed by atoms with van der Waals surface area (Å²) in [5, 5.41) is 7.09. The molecule has 8 heteroatoms. The maximum atomic E-state index is 12.3. The fraction of sp³-hybridized carbons (Fsp3) is 0.308. The molecular weight excluding hydrogens is 314 g/mol. The molecule has 114 valence electrons. The Morgan fingerprint density at radius 2 is 2.10 bits per heavy atom. The second kappa shape index (κ2) is 6.05. The Labute approximate surface area is 128 Å². The highest BCUT2D eigenvalue weighted by Gasteiger charge is 2.17. The Morgan fingerprint density at radius 1 is 1.38 bits per heavy atom. The number of halogens is 1. The van der Waals surface area contributed by atoms with Crippen LogP contribution in [0.15, 0.2) is 23.1 Å². The molecule has 0 unspecified atom stereocenters. The monoisotopic (exact) mass is 329 g/mol. The Balaban J connectivity index is 2.21. The first-order valence-corrected chi connectivity index (χ1v) is 8.05. The van der Waals surface area contributed by atoms with E-state index >= 15 is 0 Å². The van der Waals surface area contributed by atoms with Crippen LogP contribution in [-0.4, -0.2) is 25.7 Å². The summed E-state index contributed by atoms with van der Waals surface area (Å²) in [5.74, 6) is 0.428. The summed E-state index contributed by atoms with van der Waals surface area (Å²) in [6.07, 6.45) is 0. The smallest absolute Gasteiger partial charge is 0.240 e. The Bertz CT molecular complexity index is 737. The summed E-state index contributed by atoms with van der Waals surface area (Å²) < 4.78 is 32.1. The van der Waals surface area contributed by atoms with Crippen molar-refractivity contribution in [1.29, 1.82) is 0 Å². The third kappa shape index (κ3) is 3.37. The van der Waals surface area contributed by atoms with Crippen molar-refractivity contribution in [2.75, 3.05) is 7.11 Å². The Morgan fingerprint density at radius 3 is 2.62 bits per heavy atom. The number of H-pyrrole nitrogens is 1. The number of hydrogen-bond donors (Lipinski definition) is 2. The largest absolute Gasteiger partial charge is 0.495 e. The first kappa shape index (κ1) is 15.8. The summed E-state index contributed by atoms with van der Waals surface area (Å²) >= 11 is 5.95. The zero-order valence-corrected chi connectivity index (χ0v) is 13.5. The molecule has 0 aliphatic rings. The summed E-state index contributed by atoms with van der Waals surface area (Å²) in [7, 11) is -2.18. The number of aromatic amines is 1. The molecule has 0 saturated heterocycles. The lowest BCUT2D eigenvalue weighted by Gasteiger charge is -2.09. The minimum Gasteiger partial charge on any atom is -0.495 e. The van der Waals surface area contributed by atoms with E-state index in [4.69, 9.17) is 16.3 Å². The van der Waals surface area contributed by atoms with Gasteiger partial charge in [0, 0.05) is 17.8 Å². The molecule has 2 aromatic rings. The normalized spacial score (nSPS) is 11.6. The molecule has 2 rings (SSSR count). The van der Waals surface area contributed by atoms with E-state index in [0.29, 0.717) is 5.75 Å². The summed E-state index contributed by atoms with van der Waals surface area (Å²) in [4.78, 5) is 0.0899. The molecule has 0 amide bonds. The van der Waals surface area contributed by atoms with E-state index in [0.717, 1.165) is 17.0 Å². The van der Waals surface area contributed by atoms with Crippen LogP contribution >= 0.6 is 11.6 Å². The number of nitrogens with zero attached hydrogens (tertiary/aromatic N) is 1. The van der Waals surface area contributed by atoms with Crippen LogP contribution in [0.4, 0.5) is 0 Å². The van der Waals surface area contributed by atoms with Gasteiger partial charge in [-0.3, -0.25) is 5.10 Å². The maximum absolute atomic E-state index is 12.3. The second-order valence-electron chi connectivity index (χ2n) is 4.53. The van der Waals surface area contributed by atoms with Gasteiger partial charge in [-0.05, 0) is 32.0 Å². The van der Waals surface area contributed by atoms with Gasteiger partial charge in [0.05, 0.1) is 22.7 Å². The highest BCUT2D eigenvalue weighted by Crippen LogP contribution is 2.27. The average Bonchev–Trinajstić information content (AvgIpc) is 2.76. The molecule has 1 aromatic heterocycles. The van der Waals surface area contributed by atoms with Crippen LogP contribution < -0.4 is 9.46 Å². The van der Waals surface area contributed by atoms with Gasteiger partial charge in [-0.15, -0.1) is 0 Å². The number of ether oxygens (including phenoxy) is 1. The van der Waals surface area contributed by atoms with Gasteiger partial charge < -0.3 is 4.74 Å². The lowest BCUT2D eigenvalue weighted by molar-refractivity contribution is 0.414. The van der Waals surface area contributed by atoms with Crippen LogP contribution in [-0.2, 0) is 16.6 Å². The van der Waals surface area contributed by atoms with Gasteiger partial charge in [-0.25, -0.2) is 13.1 Å². The average molecular weight is 330 g/mol. The van der Waals surface area contributed by atoms with Crippen molar-refractivity contribution in [1.82, 2.24) is 14.9 Å². The minimum absolute atomic E-state index is 0.0899. The van der Waals surface area contributed by atoms with E-state index in [1.165, 1.54) is 25.3 Å². The molecule has 0 atom stereocenters. The molecule has 0 aliphatic heterocycles. The highest BCUT2D eigenvalue weighted by atomic mass is 35.5. The van der Waals surface area contributed by atoms with Gasteiger partial charge in [0.25, 0.3) is 0 Å². The lowest BCUT2D eigenvalue weighted by Crippen LogP contribution is -2.23. The number of sulfonamides is 1. The van der Waals surface area contributed by atoms with E-state index in [9.17, 15) is 8.42 Å². The number of benzene rings is 1. The SMILES string of the molecule is COc1ccc(S(=O)(=O)NCc2c(C)n[nH]c2C)cc1Cl. The van der Waals surface area contributed by atoms with Gasteiger partial charge in [-0.2, -0.15) is 5.10 Å². The fourth-order valence-corrected chi connectivity index (χ4v) is 3.24. The zero-order valence-electron chi connectivity index (χ0n) is 11.9. The molecule has 0 spiro atoms. The number of nitrogens with one attached hydrogen (secondary N) is 2. The molecule has 0 bridgehead atoms. The van der Waals surface area contributed by atoms with Crippen molar-refractivity contribution in [3.05, 3.63) is 40.2 Å². The van der Waals surface area contributed by atoms with E-state index < -0.39 is 10.0 Å². The molecule has 2 N–H and O–H groups in total. The maximum Gasteiger partial charge on any atom is 0.240 e. The lowest BCUT2D eigenvalue weighted by atomic mass is 10.2. The number of aromatic nitrogens is 2. The molecule has 1 aromatic carbocycles. The molecule has 0 fully saturated rings. The van der Waals surface area contributed by atoms with Crippen LogP contribution in [0, 0.1) is 13.8 Å². The minimum atomic E-state index is -3.65. The van der Waals surface area contributed by atoms with Crippen LogP contribution in [0.3, 0.4) is 0 Å². The number of rotatable bonds is 5. The number of hydrogen-bond acceptors (Lipinski definition) is 4. The third-order valence-corrected chi connectivity index (χ3v) is 4.85. The van der Waals surface area contributed by atoms with E-state index in [1.807, 2.05) is 13.8 Å². The van der Waals surface area contributed by atoms with E-state index in [1.54, 1.807) is 0 Å². The van der Waals surface area contributed by atoms with Crippen molar-refractivity contribution in [3.63, 3.8) is 0 Å². The van der Waals surface area contributed by atoms with Gasteiger partial charge in [0.1, 0.15) is 5.75 Å². The van der Waals surface area contributed by atoms with Crippen LogP contribution in [0.5, 0.6) is 5.75 Å². The van der Waals surface area contributed by atoms with Crippen LogP contribution in [0.25, 0.3) is 0 Å². The van der Waals surface area contributed by atoms with Crippen molar-refractivity contribution in [3.8, 4) is 5.75 Å². The van der Waals surface area contributed by atoms with E-state index in [2.05, 4.69) is 14.9 Å². The van der Waals surface area contributed by atoms with Gasteiger partial charge in [0.15, 0.2) is 0 Å². The molecular formula is C13H16ClN3O3S. The predicted molar refractivity (Wildman–Crippen MR) is 80.1 cm³/mol. The van der Waals surface area contributed by atoms with Crippen LogP contribution in [0.2, 0.25) is 5.02 Å². The quantitative estimate of drug-likeness (QED) is 0.880. The third-order valence-electron chi connectivity index (χ3n) is 3.15. The summed E-state index contributed by atoms with van der Waals surface area (Å²) in [5.41, 5.74) is 2.43. The molecule has 0 aliphatic carbocycles. The molecule has 0 radical (unpaired) electrons. The van der Waals surface area contributed by atoms with Crippen molar-refractivity contribution < 1.29 is 13.2 Å². The summed E-state index contributed by atoms with van der Waals surface area (Å²) in [6, 6.07) is 4.32. The number of methoxy groups -OCH3 is 1. The predicted octanol–water partition coefficient (Wildman–Crippen LogP) is 2.17. The molecule has 1 heterocycles. The fourth-order valence-electron chi connectivity index (χ4n) is 1.90. The summed E-state index contributed by atoms with van der Waals surface area (Å²) in [6.45, 7) is 3.82. The van der Waals surface area contributed by atoms with Crippen molar-refractivity contribution >= 4 is 21.6 Å². The first-order valence-electron chi connectivity index (χ1n) is 6.19. The highest BCUT2D eigenvalue weighted by molar-refractivity contribution is 7.89. The number of aryl methyl sites for hydroxylation is 2. The first-order chi connectivity index (χ1) is 9.85. The van der Waals surface area contributed by atoms with E-state index in [-0.39, 0.29) is 16.5 Å². The zero-order chi connectivity index (χ0) is 15.6. The molecule has 6 nitrogen and oxygen atoms in total. The topological polar surface area (TPSA) is 84.1 Å². The van der Waals surface area contributed by atoms with Gasteiger partial charge in [-0.1, -0.05) is 11.6 Å². The van der Waals surface area contributed by atoms with Gasteiger partial charge in [0.2, 0.25) is 10.0 Å². The standard InChI is InChI=1S/C13H16ClN3O3S/c1-8-11(9(2)17-16-8)7-15-21(18,19)10-4-5-13(20-3)12(14)6-10/h4-6,15H,7H2,1-3H3,(H,16,17). The molecule has 21 heavy (non-hydrogen) atoms. The van der Waals surface area contributed by atoms with Gasteiger partial charge >= 0.3 is 0 Å².